The SMILES string of the molecule is Cc1cc(Cl)cc(C(=O)NN)c1NC(=O)c1ccc(Br)n1-c1ncccc1Cl. The van der Waals surface area contributed by atoms with Gasteiger partial charge in [0, 0.05) is 11.2 Å². The first-order valence-corrected chi connectivity index (χ1v) is 9.49. The van der Waals surface area contributed by atoms with E-state index in [1.165, 1.54) is 6.07 Å². The maximum atomic E-state index is 13.0. The number of hydrogen-bond acceptors (Lipinski definition) is 4. The van der Waals surface area contributed by atoms with Gasteiger partial charge in [-0.25, -0.2) is 10.8 Å². The van der Waals surface area contributed by atoms with Crippen molar-refractivity contribution in [2.75, 3.05) is 5.32 Å². The molecule has 0 aliphatic rings. The predicted molar refractivity (Wildman–Crippen MR) is 112 cm³/mol. The second-order valence-corrected chi connectivity index (χ2v) is 7.41. The van der Waals surface area contributed by atoms with Crippen LogP contribution in [0.3, 0.4) is 0 Å². The van der Waals surface area contributed by atoms with Gasteiger partial charge in [0.1, 0.15) is 5.69 Å². The van der Waals surface area contributed by atoms with Crippen molar-refractivity contribution in [1.29, 1.82) is 0 Å². The normalized spacial score (nSPS) is 10.6. The second kappa shape index (κ2) is 8.32. The van der Waals surface area contributed by atoms with E-state index in [1.807, 2.05) is 5.43 Å². The average molecular weight is 483 g/mol. The van der Waals surface area contributed by atoms with Crippen LogP contribution >= 0.6 is 39.1 Å². The summed E-state index contributed by atoms with van der Waals surface area (Å²) in [4.78, 5) is 29.4. The van der Waals surface area contributed by atoms with E-state index in [0.717, 1.165) is 0 Å². The van der Waals surface area contributed by atoms with Gasteiger partial charge >= 0.3 is 0 Å². The molecule has 0 aliphatic heterocycles. The van der Waals surface area contributed by atoms with Gasteiger partial charge in [-0.3, -0.25) is 19.6 Å². The highest BCUT2D eigenvalue weighted by Crippen LogP contribution is 2.29. The minimum absolute atomic E-state index is 0.147. The molecule has 0 saturated heterocycles. The maximum Gasteiger partial charge on any atom is 0.272 e. The summed E-state index contributed by atoms with van der Waals surface area (Å²) in [6.45, 7) is 1.72. The number of aryl methyl sites for hydroxylation is 1. The zero-order chi connectivity index (χ0) is 20.4. The van der Waals surface area contributed by atoms with Crippen molar-refractivity contribution in [3.63, 3.8) is 0 Å². The lowest BCUT2D eigenvalue weighted by Crippen LogP contribution is -2.31. The summed E-state index contributed by atoms with van der Waals surface area (Å²) in [6.07, 6.45) is 1.57. The van der Waals surface area contributed by atoms with Crippen LogP contribution in [0.25, 0.3) is 5.82 Å². The summed E-state index contributed by atoms with van der Waals surface area (Å²) in [6, 6.07) is 9.73. The summed E-state index contributed by atoms with van der Waals surface area (Å²) in [5.74, 6) is 4.59. The lowest BCUT2D eigenvalue weighted by molar-refractivity contribution is 0.0954. The number of hydrogen-bond donors (Lipinski definition) is 3. The predicted octanol–water partition coefficient (Wildman–Crippen LogP) is 4.11. The van der Waals surface area contributed by atoms with Gasteiger partial charge in [-0.1, -0.05) is 23.2 Å². The fourth-order valence-corrected chi connectivity index (χ4v) is 3.66. The molecule has 0 saturated carbocycles. The highest BCUT2D eigenvalue weighted by molar-refractivity contribution is 9.10. The van der Waals surface area contributed by atoms with Crippen molar-refractivity contribution in [3.05, 3.63) is 74.1 Å². The monoisotopic (exact) mass is 481 g/mol. The average Bonchev–Trinajstić information content (AvgIpc) is 3.04. The fraction of sp³-hybridized carbons (Fsp3) is 0.0556. The standard InChI is InChI=1S/C18H14BrCl2N5O2/c1-9-7-10(20)8-11(17(27)25-22)15(9)24-18(28)13-4-5-14(19)26(13)16-12(21)3-2-6-23-16/h2-8H,22H2,1H3,(H,24,28)(H,25,27). The molecule has 10 heteroatoms. The van der Waals surface area contributed by atoms with E-state index in [9.17, 15) is 9.59 Å². The van der Waals surface area contributed by atoms with Crippen LogP contribution < -0.4 is 16.6 Å². The van der Waals surface area contributed by atoms with Gasteiger partial charge in [-0.2, -0.15) is 0 Å². The maximum absolute atomic E-state index is 13.0. The van der Waals surface area contributed by atoms with Crippen LogP contribution in [0.15, 0.2) is 47.2 Å². The first-order valence-electron chi connectivity index (χ1n) is 7.94. The van der Waals surface area contributed by atoms with E-state index in [0.29, 0.717) is 31.7 Å². The number of nitrogens with one attached hydrogen (secondary N) is 2. The third-order valence-corrected chi connectivity index (χ3v) is 5.06. The van der Waals surface area contributed by atoms with Crippen LogP contribution in [0.1, 0.15) is 26.4 Å². The molecule has 0 unspecified atom stereocenters. The number of anilines is 1. The molecule has 0 radical (unpaired) electrons. The van der Waals surface area contributed by atoms with Gasteiger partial charge in [0.05, 0.1) is 20.9 Å². The highest BCUT2D eigenvalue weighted by atomic mass is 79.9. The molecular formula is C18H14BrCl2N5O2. The van der Waals surface area contributed by atoms with Crippen molar-refractivity contribution in [2.24, 2.45) is 5.84 Å². The quantitative estimate of drug-likeness (QED) is 0.296. The first kappa shape index (κ1) is 20.3. The minimum atomic E-state index is -0.578. The Morgan fingerprint density at radius 1 is 1.18 bits per heavy atom. The number of pyridine rings is 1. The van der Waals surface area contributed by atoms with E-state index in [4.69, 9.17) is 29.0 Å². The Morgan fingerprint density at radius 3 is 2.61 bits per heavy atom. The number of hydrazine groups is 1. The van der Waals surface area contributed by atoms with Gasteiger partial charge in [-0.05, 0) is 64.8 Å². The number of rotatable bonds is 4. The van der Waals surface area contributed by atoms with Gasteiger partial charge in [0.15, 0.2) is 5.82 Å². The van der Waals surface area contributed by atoms with Crippen LogP contribution in [-0.2, 0) is 0 Å². The van der Waals surface area contributed by atoms with E-state index >= 15 is 0 Å². The molecule has 3 rings (SSSR count). The number of amides is 2. The molecule has 0 fully saturated rings. The van der Waals surface area contributed by atoms with Gasteiger partial charge in [-0.15, -0.1) is 0 Å². The third-order valence-electron chi connectivity index (χ3n) is 3.93. The number of aromatic nitrogens is 2. The molecule has 1 aromatic carbocycles. The molecule has 0 spiro atoms. The first-order chi connectivity index (χ1) is 13.3. The number of benzene rings is 1. The molecular weight excluding hydrogens is 469 g/mol. The van der Waals surface area contributed by atoms with Crippen LogP contribution in [-0.4, -0.2) is 21.4 Å². The molecule has 2 amide bonds. The molecule has 2 heterocycles. The molecule has 144 valence electrons. The molecule has 0 atom stereocenters. The molecule has 2 aromatic heterocycles. The van der Waals surface area contributed by atoms with Crippen molar-refractivity contribution >= 4 is 56.6 Å². The van der Waals surface area contributed by atoms with Gasteiger partial charge in [0.2, 0.25) is 0 Å². The molecule has 4 N–H and O–H groups in total. The Bertz CT molecular complexity index is 1080. The summed E-state index contributed by atoms with van der Waals surface area (Å²) in [7, 11) is 0. The highest BCUT2D eigenvalue weighted by Gasteiger charge is 2.21. The smallest absolute Gasteiger partial charge is 0.272 e. The third kappa shape index (κ3) is 3.90. The van der Waals surface area contributed by atoms with Gasteiger partial charge < -0.3 is 5.32 Å². The lowest BCUT2D eigenvalue weighted by Gasteiger charge is -2.15. The van der Waals surface area contributed by atoms with Crippen molar-refractivity contribution < 1.29 is 9.59 Å². The van der Waals surface area contributed by atoms with Gasteiger partial charge in [0.25, 0.3) is 11.8 Å². The number of halogens is 3. The Balaban J connectivity index is 2.05. The number of carbonyl (C=O) groups excluding carboxylic acids is 2. The Labute approximate surface area is 178 Å². The largest absolute Gasteiger partial charge is 0.320 e. The minimum Gasteiger partial charge on any atom is -0.320 e. The molecule has 0 bridgehead atoms. The molecule has 28 heavy (non-hydrogen) atoms. The fourth-order valence-electron chi connectivity index (χ4n) is 2.69. The summed E-state index contributed by atoms with van der Waals surface area (Å²) >= 11 is 15.7. The van der Waals surface area contributed by atoms with Crippen LogP contribution in [0.2, 0.25) is 10.0 Å². The zero-order valence-electron chi connectivity index (χ0n) is 14.5. The summed E-state index contributed by atoms with van der Waals surface area (Å²) in [5, 5.41) is 3.48. The lowest BCUT2D eigenvalue weighted by atomic mass is 10.1. The van der Waals surface area contributed by atoms with Crippen LogP contribution in [0, 0.1) is 6.92 Å². The van der Waals surface area contributed by atoms with E-state index in [1.54, 1.807) is 48.0 Å². The second-order valence-electron chi connectivity index (χ2n) is 5.76. The van der Waals surface area contributed by atoms with Crippen molar-refractivity contribution in [1.82, 2.24) is 15.0 Å². The summed E-state index contributed by atoms with van der Waals surface area (Å²) < 4.78 is 2.15. The van der Waals surface area contributed by atoms with E-state index < -0.39 is 11.8 Å². The van der Waals surface area contributed by atoms with Crippen molar-refractivity contribution in [3.8, 4) is 5.82 Å². The van der Waals surface area contributed by atoms with E-state index in [-0.39, 0.29) is 11.3 Å². The van der Waals surface area contributed by atoms with Crippen LogP contribution in [0.5, 0.6) is 0 Å². The van der Waals surface area contributed by atoms with E-state index in [2.05, 4.69) is 26.2 Å². The zero-order valence-corrected chi connectivity index (χ0v) is 17.6. The Kier molecular flexibility index (Phi) is 6.04. The Morgan fingerprint density at radius 2 is 1.93 bits per heavy atom. The number of carbonyl (C=O) groups is 2. The number of nitrogen functional groups attached to an aromatic ring is 1. The van der Waals surface area contributed by atoms with Crippen LogP contribution in [0.4, 0.5) is 5.69 Å². The molecule has 0 aliphatic carbocycles. The summed E-state index contributed by atoms with van der Waals surface area (Å²) in [5.41, 5.74) is 3.36. The Hall–Kier alpha value is -2.39. The van der Waals surface area contributed by atoms with Crippen molar-refractivity contribution in [2.45, 2.75) is 6.92 Å². The molecule has 7 nitrogen and oxygen atoms in total. The number of nitrogens with two attached hydrogens (primary N) is 1. The number of nitrogens with zero attached hydrogens (tertiary/aromatic N) is 2. The topological polar surface area (TPSA) is 102 Å². The molecule has 3 aromatic rings.